The lowest BCUT2D eigenvalue weighted by molar-refractivity contribution is -0.135. The number of amides is 2. The lowest BCUT2D eigenvalue weighted by Crippen LogP contribution is -2.41. The van der Waals surface area contributed by atoms with Crippen LogP contribution in [-0.2, 0) is 16.0 Å². The Morgan fingerprint density at radius 2 is 1.78 bits per heavy atom. The predicted molar refractivity (Wildman–Crippen MR) is 110 cm³/mol. The molecule has 144 valence electrons. The third-order valence-electron chi connectivity index (χ3n) is 4.52. The Morgan fingerprint density at radius 1 is 1.11 bits per heavy atom. The first kappa shape index (κ1) is 20.8. The molecular weight excluding hydrogens is 364 g/mol. The molecule has 0 heterocycles. The number of carbonyl (C=O) groups excluding carboxylic acids is 2. The molecule has 0 unspecified atom stereocenters. The second-order valence-corrected chi connectivity index (χ2v) is 7.25. The van der Waals surface area contributed by atoms with Crippen LogP contribution < -0.4 is 15.4 Å². The number of para-hydroxylation sites is 1. The zero-order valence-corrected chi connectivity index (χ0v) is 17.0. The number of methoxy groups -OCH3 is 1. The van der Waals surface area contributed by atoms with Crippen LogP contribution in [0.3, 0.4) is 0 Å². The zero-order valence-electron chi connectivity index (χ0n) is 16.3. The van der Waals surface area contributed by atoms with Gasteiger partial charge in [0, 0.05) is 11.4 Å². The van der Waals surface area contributed by atoms with Crippen molar-refractivity contribution in [3.05, 3.63) is 52.5 Å². The Hall–Kier alpha value is -2.53. The number of rotatable bonds is 6. The Labute approximate surface area is 165 Å². The number of aryl methyl sites for hydroxylation is 2. The number of benzene rings is 2. The normalized spacial score (nSPS) is 11.0. The molecule has 6 heteroatoms. The van der Waals surface area contributed by atoms with Gasteiger partial charge < -0.3 is 15.4 Å². The SMILES string of the molecule is CCc1cccc(C)c1NC(=O)C(C)(C)C(=O)Nc1ccc(OC)c(Cl)c1. The van der Waals surface area contributed by atoms with Gasteiger partial charge in [-0.25, -0.2) is 0 Å². The maximum Gasteiger partial charge on any atom is 0.239 e. The van der Waals surface area contributed by atoms with E-state index in [4.69, 9.17) is 16.3 Å². The van der Waals surface area contributed by atoms with Crippen molar-refractivity contribution in [1.29, 1.82) is 0 Å². The summed E-state index contributed by atoms with van der Waals surface area (Å²) in [5.41, 5.74) is 1.97. The molecule has 2 N–H and O–H groups in total. The van der Waals surface area contributed by atoms with E-state index in [2.05, 4.69) is 10.6 Å². The highest BCUT2D eigenvalue weighted by molar-refractivity contribution is 6.32. The minimum atomic E-state index is -1.28. The molecule has 0 aliphatic heterocycles. The van der Waals surface area contributed by atoms with Gasteiger partial charge in [-0.2, -0.15) is 0 Å². The number of halogens is 1. The van der Waals surface area contributed by atoms with Gasteiger partial charge in [0.05, 0.1) is 12.1 Å². The summed E-state index contributed by atoms with van der Waals surface area (Å²) in [7, 11) is 1.52. The number of ether oxygens (including phenoxy) is 1. The topological polar surface area (TPSA) is 67.4 Å². The van der Waals surface area contributed by atoms with Crippen LogP contribution in [0.4, 0.5) is 11.4 Å². The van der Waals surface area contributed by atoms with Crippen LogP contribution in [0.25, 0.3) is 0 Å². The summed E-state index contributed by atoms with van der Waals surface area (Å²) in [5, 5.41) is 6.04. The van der Waals surface area contributed by atoms with Crippen LogP contribution in [0.1, 0.15) is 31.9 Å². The molecule has 0 bridgehead atoms. The second-order valence-electron chi connectivity index (χ2n) is 6.85. The van der Waals surface area contributed by atoms with Crippen molar-refractivity contribution < 1.29 is 14.3 Å². The summed E-state index contributed by atoms with van der Waals surface area (Å²) < 4.78 is 5.10. The molecule has 0 saturated carbocycles. The highest BCUT2D eigenvalue weighted by Crippen LogP contribution is 2.29. The van der Waals surface area contributed by atoms with Crippen LogP contribution in [0, 0.1) is 12.3 Å². The van der Waals surface area contributed by atoms with Gasteiger partial charge in [-0.15, -0.1) is 0 Å². The van der Waals surface area contributed by atoms with E-state index >= 15 is 0 Å². The van der Waals surface area contributed by atoms with Gasteiger partial charge in [0.2, 0.25) is 11.8 Å². The van der Waals surface area contributed by atoms with E-state index in [1.54, 1.807) is 32.0 Å². The lowest BCUT2D eigenvalue weighted by atomic mass is 9.90. The van der Waals surface area contributed by atoms with Gasteiger partial charge in [0.1, 0.15) is 11.2 Å². The van der Waals surface area contributed by atoms with Crippen molar-refractivity contribution in [1.82, 2.24) is 0 Å². The molecule has 0 aliphatic carbocycles. The summed E-state index contributed by atoms with van der Waals surface area (Å²) in [6.07, 6.45) is 0.786. The van der Waals surface area contributed by atoms with E-state index in [0.717, 1.165) is 23.2 Å². The molecule has 0 saturated heterocycles. The number of hydrogen-bond donors (Lipinski definition) is 2. The fourth-order valence-electron chi connectivity index (χ4n) is 2.61. The van der Waals surface area contributed by atoms with Gasteiger partial charge in [-0.05, 0) is 56.5 Å². The first-order chi connectivity index (χ1) is 12.7. The number of carbonyl (C=O) groups is 2. The Kier molecular flexibility index (Phi) is 6.50. The van der Waals surface area contributed by atoms with Crippen LogP contribution in [0.15, 0.2) is 36.4 Å². The quantitative estimate of drug-likeness (QED) is 0.697. The van der Waals surface area contributed by atoms with Crippen LogP contribution in [0.2, 0.25) is 5.02 Å². The highest BCUT2D eigenvalue weighted by atomic mass is 35.5. The van der Waals surface area contributed by atoms with Crippen molar-refractivity contribution in [2.24, 2.45) is 5.41 Å². The molecule has 0 atom stereocenters. The van der Waals surface area contributed by atoms with E-state index in [1.165, 1.54) is 7.11 Å². The maximum atomic E-state index is 12.8. The van der Waals surface area contributed by atoms with Gasteiger partial charge in [0.15, 0.2) is 0 Å². The molecule has 2 aromatic rings. The molecule has 0 fully saturated rings. The van der Waals surface area contributed by atoms with E-state index < -0.39 is 11.3 Å². The monoisotopic (exact) mass is 388 g/mol. The van der Waals surface area contributed by atoms with Crippen LogP contribution >= 0.6 is 11.6 Å². The minimum absolute atomic E-state index is 0.372. The van der Waals surface area contributed by atoms with E-state index in [-0.39, 0.29) is 5.91 Å². The summed E-state index contributed by atoms with van der Waals surface area (Å²) >= 11 is 6.09. The standard InChI is InChI=1S/C21H25ClN2O3/c1-6-14-9-7-8-13(2)18(14)24-20(26)21(3,4)19(25)23-15-10-11-17(27-5)16(22)12-15/h7-12H,6H2,1-5H3,(H,23,25)(H,24,26). The van der Waals surface area contributed by atoms with Crippen molar-refractivity contribution in [2.45, 2.75) is 34.1 Å². The first-order valence-corrected chi connectivity index (χ1v) is 9.13. The smallest absolute Gasteiger partial charge is 0.239 e. The first-order valence-electron chi connectivity index (χ1n) is 8.75. The summed E-state index contributed by atoms with van der Waals surface area (Å²) in [6, 6.07) is 10.8. The van der Waals surface area contributed by atoms with Crippen molar-refractivity contribution in [3.63, 3.8) is 0 Å². The van der Waals surface area contributed by atoms with Crippen molar-refractivity contribution in [3.8, 4) is 5.75 Å². The van der Waals surface area contributed by atoms with Crippen LogP contribution in [0.5, 0.6) is 5.75 Å². The molecule has 0 aromatic heterocycles. The van der Waals surface area contributed by atoms with Gasteiger partial charge >= 0.3 is 0 Å². The Balaban J connectivity index is 2.18. The molecule has 2 aromatic carbocycles. The minimum Gasteiger partial charge on any atom is -0.495 e. The van der Waals surface area contributed by atoms with Crippen LogP contribution in [-0.4, -0.2) is 18.9 Å². The molecule has 2 rings (SSSR count). The van der Waals surface area contributed by atoms with Gasteiger partial charge in [-0.3, -0.25) is 9.59 Å². The molecule has 5 nitrogen and oxygen atoms in total. The van der Waals surface area contributed by atoms with E-state index in [0.29, 0.717) is 16.5 Å². The summed E-state index contributed by atoms with van der Waals surface area (Å²) in [4.78, 5) is 25.6. The lowest BCUT2D eigenvalue weighted by Gasteiger charge is -2.24. The Morgan fingerprint density at radius 3 is 2.37 bits per heavy atom. The summed E-state index contributed by atoms with van der Waals surface area (Å²) in [5.74, 6) is -0.283. The number of nitrogens with one attached hydrogen (secondary N) is 2. The fraction of sp³-hybridized carbons (Fsp3) is 0.333. The van der Waals surface area contributed by atoms with Crippen molar-refractivity contribution >= 4 is 34.8 Å². The second kappa shape index (κ2) is 8.44. The molecule has 0 spiro atoms. The molecular formula is C21H25ClN2O3. The summed E-state index contributed by atoms with van der Waals surface area (Å²) in [6.45, 7) is 7.14. The largest absolute Gasteiger partial charge is 0.495 e. The third-order valence-corrected chi connectivity index (χ3v) is 4.82. The maximum absolute atomic E-state index is 12.8. The number of anilines is 2. The molecule has 0 aliphatic rings. The van der Waals surface area contributed by atoms with Crippen molar-refractivity contribution in [2.75, 3.05) is 17.7 Å². The highest BCUT2D eigenvalue weighted by Gasteiger charge is 2.36. The van der Waals surface area contributed by atoms with E-state index in [1.807, 2.05) is 32.0 Å². The predicted octanol–water partition coefficient (Wildman–Crippen LogP) is 4.82. The zero-order chi connectivity index (χ0) is 20.2. The van der Waals surface area contributed by atoms with E-state index in [9.17, 15) is 9.59 Å². The number of hydrogen-bond acceptors (Lipinski definition) is 3. The molecule has 2 amide bonds. The molecule has 0 radical (unpaired) electrons. The average Bonchev–Trinajstić information content (AvgIpc) is 2.63. The molecule has 27 heavy (non-hydrogen) atoms. The third kappa shape index (κ3) is 4.61. The van der Waals surface area contributed by atoms with Gasteiger partial charge in [0.25, 0.3) is 0 Å². The Bertz CT molecular complexity index is 863. The average molecular weight is 389 g/mol. The van der Waals surface area contributed by atoms with Gasteiger partial charge in [-0.1, -0.05) is 36.7 Å². The fourth-order valence-corrected chi connectivity index (χ4v) is 2.86.